The van der Waals surface area contributed by atoms with Crippen molar-refractivity contribution in [3.63, 3.8) is 0 Å². The second kappa shape index (κ2) is 9.99. The first-order valence-electron chi connectivity index (χ1n) is 12.0. The minimum atomic E-state index is -0.404. The van der Waals surface area contributed by atoms with Crippen LogP contribution in [0.4, 0.5) is 5.00 Å². The molecule has 3 aromatic heterocycles. The number of benzene rings is 1. The lowest BCUT2D eigenvalue weighted by Crippen LogP contribution is -2.21. The molecule has 0 spiro atoms. The zero-order chi connectivity index (χ0) is 25.4. The number of nitrogens with zero attached hydrogens (tertiary/aromatic N) is 2. The zero-order valence-electron chi connectivity index (χ0n) is 20.4. The van der Waals surface area contributed by atoms with Crippen molar-refractivity contribution in [2.24, 2.45) is 5.92 Å². The Hall–Kier alpha value is -3.30. The summed E-state index contributed by atoms with van der Waals surface area (Å²) in [6, 6.07) is 9.70. The van der Waals surface area contributed by atoms with E-state index in [1.807, 2.05) is 30.3 Å². The third-order valence-electron chi connectivity index (χ3n) is 6.54. The number of carbonyl (C=O) groups is 2. The first kappa shape index (κ1) is 24.4. The van der Waals surface area contributed by atoms with Gasteiger partial charge in [-0.1, -0.05) is 37.3 Å². The zero-order valence-corrected chi connectivity index (χ0v) is 22.1. The summed E-state index contributed by atoms with van der Waals surface area (Å²) in [7, 11) is 0. The molecule has 0 bridgehead atoms. The van der Waals surface area contributed by atoms with Gasteiger partial charge in [-0.05, 0) is 55.7 Å². The minimum Gasteiger partial charge on any atom is -0.462 e. The maximum Gasteiger partial charge on any atom is 0.341 e. The summed E-state index contributed by atoms with van der Waals surface area (Å²) in [5.74, 6) is -0.219. The van der Waals surface area contributed by atoms with Crippen molar-refractivity contribution in [3.8, 4) is 0 Å². The fourth-order valence-corrected chi connectivity index (χ4v) is 7.11. The number of aryl methyl sites for hydroxylation is 1. The van der Waals surface area contributed by atoms with Crippen molar-refractivity contribution >= 4 is 49.8 Å². The maximum atomic E-state index is 13.4. The quantitative estimate of drug-likeness (QED) is 0.342. The first-order chi connectivity index (χ1) is 17.4. The molecule has 3 heterocycles. The van der Waals surface area contributed by atoms with Gasteiger partial charge in [-0.25, -0.2) is 9.78 Å². The molecule has 1 atom stereocenters. The van der Waals surface area contributed by atoms with Crippen LogP contribution in [0, 0.1) is 12.8 Å². The highest BCUT2D eigenvalue weighted by molar-refractivity contribution is 7.21. The number of amides is 1. The van der Waals surface area contributed by atoms with E-state index in [1.54, 1.807) is 18.4 Å². The summed E-state index contributed by atoms with van der Waals surface area (Å²) in [4.78, 5) is 46.0. The summed E-state index contributed by atoms with van der Waals surface area (Å²) in [6.45, 7) is 6.42. The van der Waals surface area contributed by atoms with E-state index >= 15 is 0 Å². The van der Waals surface area contributed by atoms with Crippen LogP contribution in [0.25, 0.3) is 10.2 Å². The minimum absolute atomic E-state index is 0.176. The fraction of sp³-hybridized carbons (Fsp3) is 0.333. The van der Waals surface area contributed by atoms with Crippen LogP contribution in [0.5, 0.6) is 0 Å². The van der Waals surface area contributed by atoms with Crippen molar-refractivity contribution in [3.05, 3.63) is 79.0 Å². The van der Waals surface area contributed by atoms with E-state index in [0.29, 0.717) is 43.7 Å². The standard InChI is InChI=1S/C27H27N3O4S2/c1-4-34-27(33)21-18-11-10-15(2)12-19(18)35-25(21)29-23(31)22-16(3)20-24(36-22)28-14-30(26(20)32)13-17-8-6-5-7-9-17/h5-9,14-15H,4,10-13H2,1-3H3,(H,29,31)/t15-/m1/s1. The molecular weight excluding hydrogens is 494 g/mol. The van der Waals surface area contributed by atoms with Crippen LogP contribution in [0.2, 0.25) is 0 Å². The van der Waals surface area contributed by atoms with Gasteiger partial charge in [-0.2, -0.15) is 0 Å². The second-order valence-electron chi connectivity index (χ2n) is 9.13. The molecule has 1 aromatic carbocycles. The number of esters is 1. The smallest absolute Gasteiger partial charge is 0.341 e. The highest BCUT2D eigenvalue weighted by Gasteiger charge is 2.30. The van der Waals surface area contributed by atoms with Crippen molar-refractivity contribution in [1.82, 2.24) is 9.55 Å². The number of aromatic nitrogens is 2. The van der Waals surface area contributed by atoms with Gasteiger partial charge in [-0.15, -0.1) is 22.7 Å². The number of fused-ring (bicyclic) bond motifs is 2. The van der Waals surface area contributed by atoms with Crippen LogP contribution in [0.1, 0.15) is 61.9 Å². The number of ether oxygens (including phenoxy) is 1. The van der Waals surface area contributed by atoms with Crippen LogP contribution in [0.15, 0.2) is 41.5 Å². The van der Waals surface area contributed by atoms with Gasteiger partial charge in [0.15, 0.2) is 0 Å². The Labute approximate surface area is 216 Å². The van der Waals surface area contributed by atoms with Crippen LogP contribution >= 0.6 is 22.7 Å². The van der Waals surface area contributed by atoms with Gasteiger partial charge in [0.2, 0.25) is 0 Å². The molecule has 1 amide bonds. The second-order valence-corrected chi connectivity index (χ2v) is 11.2. The predicted octanol–water partition coefficient (Wildman–Crippen LogP) is 5.43. The molecule has 36 heavy (non-hydrogen) atoms. The van der Waals surface area contributed by atoms with Gasteiger partial charge in [0, 0.05) is 4.88 Å². The van der Waals surface area contributed by atoms with Gasteiger partial charge in [0.05, 0.1) is 35.3 Å². The third-order valence-corrected chi connectivity index (χ3v) is 8.91. The average molecular weight is 522 g/mol. The third kappa shape index (κ3) is 4.49. The lowest BCUT2D eigenvalue weighted by Gasteiger charge is -2.18. The van der Waals surface area contributed by atoms with Crippen molar-refractivity contribution in [1.29, 1.82) is 0 Å². The van der Waals surface area contributed by atoms with Gasteiger partial charge in [0.25, 0.3) is 11.5 Å². The number of anilines is 1. The molecule has 0 aliphatic heterocycles. The van der Waals surface area contributed by atoms with Gasteiger partial charge < -0.3 is 10.1 Å². The number of hydrogen-bond donors (Lipinski definition) is 1. The summed E-state index contributed by atoms with van der Waals surface area (Å²) in [6.07, 6.45) is 4.21. The van der Waals surface area contributed by atoms with E-state index in [-0.39, 0.29) is 18.1 Å². The summed E-state index contributed by atoms with van der Waals surface area (Å²) >= 11 is 2.64. The van der Waals surface area contributed by atoms with Gasteiger partial charge in [-0.3, -0.25) is 14.2 Å². The monoisotopic (exact) mass is 521 g/mol. The van der Waals surface area contributed by atoms with E-state index in [2.05, 4.69) is 17.2 Å². The Kier molecular flexibility index (Phi) is 6.77. The highest BCUT2D eigenvalue weighted by Crippen LogP contribution is 2.40. The molecule has 0 saturated carbocycles. The molecule has 0 saturated heterocycles. The molecule has 0 radical (unpaired) electrons. The molecule has 1 aliphatic rings. The number of hydrogen-bond acceptors (Lipinski definition) is 7. The fourth-order valence-electron chi connectivity index (χ4n) is 4.69. The van der Waals surface area contributed by atoms with E-state index in [4.69, 9.17) is 4.74 Å². The van der Waals surface area contributed by atoms with Gasteiger partial charge >= 0.3 is 5.97 Å². The van der Waals surface area contributed by atoms with Gasteiger partial charge in [0.1, 0.15) is 9.83 Å². The van der Waals surface area contributed by atoms with Crippen LogP contribution < -0.4 is 10.9 Å². The summed E-state index contributed by atoms with van der Waals surface area (Å²) in [5.41, 5.74) is 2.88. The average Bonchev–Trinajstić information content (AvgIpc) is 3.38. The molecule has 9 heteroatoms. The summed E-state index contributed by atoms with van der Waals surface area (Å²) in [5, 5.41) is 3.94. The summed E-state index contributed by atoms with van der Waals surface area (Å²) < 4.78 is 6.88. The number of rotatable bonds is 6. The molecule has 1 aliphatic carbocycles. The van der Waals surface area contributed by atoms with E-state index < -0.39 is 5.97 Å². The number of carbonyl (C=O) groups excluding carboxylic acids is 2. The van der Waals surface area contributed by atoms with Crippen LogP contribution in [0.3, 0.4) is 0 Å². The molecule has 5 rings (SSSR count). The molecule has 0 unspecified atom stereocenters. The highest BCUT2D eigenvalue weighted by atomic mass is 32.1. The number of nitrogens with one attached hydrogen (secondary N) is 1. The van der Waals surface area contributed by atoms with Crippen LogP contribution in [-0.4, -0.2) is 28.0 Å². The predicted molar refractivity (Wildman–Crippen MR) is 144 cm³/mol. The molecular formula is C27H27N3O4S2. The topological polar surface area (TPSA) is 90.3 Å². The Morgan fingerprint density at radius 2 is 2.00 bits per heavy atom. The Balaban J connectivity index is 1.49. The van der Waals surface area contributed by atoms with Crippen LogP contribution in [-0.2, 0) is 24.1 Å². The van der Waals surface area contributed by atoms with E-state index in [1.165, 1.54) is 29.0 Å². The van der Waals surface area contributed by atoms with E-state index in [0.717, 1.165) is 35.3 Å². The molecule has 4 aromatic rings. The molecule has 1 N–H and O–H groups in total. The molecule has 0 fully saturated rings. The van der Waals surface area contributed by atoms with Crippen molar-refractivity contribution < 1.29 is 14.3 Å². The lowest BCUT2D eigenvalue weighted by molar-refractivity contribution is 0.0526. The van der Waals surface area contributed by atoms with Crippen molar-refractivity contribution in [2.45, 2.75) is 46.6 Å². The Bertz CT molecular complexity index is 1520. The Morgan fingerprint density at radius 1 is 1.22 bits per heavy atom. The number of thiophene rings is 2. The normalized spacial score (nSPS) is 15.0. The maximum absolute atomic E-state index is 13.4. The molecule has 7 nitrogen and oxygen atoms in total. The first-order valence-corrected chi connectivity index (χ1v) is 13.7. The largest absolute Gasteiger partial charge is 0.462 e. The van der Waals surface area contributed by atoms with Crippen molar-refractivity contribution in [2.75, 3.05) is 11.9 Å². The SMILES string of the molecule is CCOC(=O)c1c(NC(=O)c2sc3ncn(Cc4ccccc4)c(=O)c3c2C)sc2c1CC[C@@H](C)C2. The lowest BCUT2D eigenvalue weighted by atomic mass is 9.88. The van der Waals surface area contributed by atoms with E-state index in [9.17, 15) is 14.4 Å². The Morgan fingerprint density at radius 3 is 2.75 bits per heavy atom. The molecule has 186 valence electrons.